The van der Waals surface area contributed by atoms with Crippen molar-refractivity contribution in [2.75, 3.05) is 13.2 Å². The van der Waals surface area contributed by atoms with Gasteiger partial charge in [0.2, 0.25) is 11.6 Å². The van der Waals surface area contributed by atoms with Crippen LogP contribution in [0.1, 0.15) is 56.6 Å². The Morgan fingerprint density at radius 2 is 1.53 bits per heavy atom. The average Bonchev–Trinajstić information content (AvgIpc) is 2.72. The van der Waals surface area contributed by atoms with Gasteiger partial charge in [0.25, 0.3) is 5.92 Å². The van der Waals surface area contributed by atoms with E-state index in [0.29, 0.717) is 6.42 Å². The maximum atomic E-state index is 14.8. The Balaban J connectivity index is 1.62. The lowest BCUT2D eigenvalue weighted by Crippen LogP contribution is -2.38. The number of halogens is 4. The second-order valence-corrected chi connectivity index (χ2v) is 7.86. The van der Waals surface area contributed by atoms with Crippen molar-refractivity contribution in [1.82, 2.24) is 0 Å². The molecule has 0 bridgehead atoms. The van der Waals surface area contributed by atoms with E-state index in [4.69, 9.17) is 9.47 Å². The summed E-state index contributed by atoms with van der Waals surface area (Å²) < 4.78 is 67.9. The zero-order valence-corrected chi connectivity index (χ0v) is 17.4. The third-order valence-corrected chi connectivity index (χ3v) is 5.72. The number of hydrogen-bond donors (Lipinski definition) is 0. The third-order valence-electron chi connectivity index (χ3n) is 5.72. The predicted molar refractivity (Wildman–Crippen MR) is 108 cm³/mol. The van der Waals surface area contributed by atoms with Gasteiger partial charge in [-0.15, -0.1) is 0 Å². The fourth-order valence-electron chi connectivity index (χ4n) is 4.03. The molecule has 2 unspecified atom stereocenters. The molecule has 0 aliphatic heterocycles. The van der Waals surface area contributed by atoms with Crippen LogP contribution in [0.25, 0.3) is 0 Å². The molecule has 2 aromatic rings. The molecule has 164 valence electrons. The van der Waals surface area contributed by atoms with Crippen molar-refractivity contribution < 1.29 is 27.0 Å². The molecule has 0 heterocycles. The number of rotatable bonds is 8. The highest BCUT2D eigenvalue weighted by molar-refractivity contribution is 5.35. The molecule has 1 aliphatic carbocycles. The quantitative estimate of drug-likeness (QED) is 0.429. The molecule has 0 radical (unpaired) electrons. The van der Waals surface area contributed by atoms with Gasteiger partial charge in [0.15, 0.2) is 11.5 Å². The highest BCUT2D eigenvalue weighted by atomic mass is 19.3. The molecule has 2 aromatic carbocycles. The van der Waals surface area contributed by atoms with Crippen LogP contribution in [0.2, 0.25) is 0 Å². The van der Waals surface area contributed by atoms with Gasteiger partial charge in [-0.3, -0.25) is 0 Å². The van der Waals surface area contributed by atoms with Gasteiger partial charge in [0.1, 0.15) is 0 Å². The molecule has 0 amide bonds. The highest BCUT2D eigenvalue weighted by Crippen LogP contribution is 2.45. The Morgan fingerprint density at radius 1 is 0.900 bits per heavy atom. The van der Waals surface area contributed by atoms with Crippen molar-refractivity contribution in [2.24, 2.45) is 5.92 Å². The van der Waals surface area contributed by atoms with Gasteiger partial charge in [-0.05, 0) is 55.4 Å². The Bertz CT molecular complexity index is 836. The van der Waals surface area contributed by atoms with E-state index in [-0.39, 0.29) is 43.5 Å². The molecular formula is C24H28F4O2. The van der Waals surface area contributed by atoms with Crippen molar-refractivity contribution in [3.8, 4) is 11.5 Å². The summed E-state index contributed by atoms with van der Waals surface area (Å²) in [5, 5.41) is 0. The number of hydrogen-bond acceptors (Lipinski definition) is 2. The molecular weight excluding hydrogens is 396 g/mol. The van der Waals surface area contributed by atoms with Crippen molar-refractivity contribution >= 4 is 0 Å². The van der Waals surface area contributed by atoms with Crippen LogP contribution < -0.4 is 9.47 Å². The maximum Gasteiger partial charge on any atom is 0.254 e. The first-order valence-corrected chi connectivity index (χ1v) is 10.6. The summed E-state index contributed by atoms with van der Waals surface area (Å²) >= 11 is 0. The van der Waals surface area contributed by atoms with E-state index in [0.717, 1.165) is 18.4 Å². The SMILES string of the molecule is CCCc1ccc(C2CCC(COc3ccc(OCC)c(F)c3F)C(F)(F)C2)cc1. The molecule has 0 N–H and O–H groups in total. The van der Waals surface area contributed by atoms with Crippen LogP contribution in [0.4, 0.5) is 17.6 Å². The molecule has 0 spiro atoms. The number of ether oxygens (including phenoxy) is 2. The minimum Gasteiger partial charge on any atom is -0.491 e. The van der Waals surface area contributed by atoms with Crippen LogP contribution in [-0.2, 0) is 6.42 Å². The monoisotopic (exact) mass is 424 g/mol. The summed E-state index contributed by atoms with van der Waals surface area (Å²) in [7, 11) is 0. The molecule has 2 nitrogen and oxygen atoms in total. The summed E-state index contributed by atoms with van der Waals surface area (Å²) in [6.07, 6.45) is 2.62. The Morgan fingerprint density at radius 3 is 2.10 bits per heavy atom. The lowest BCUT2D eigenvalue weighted by molar-refractivity contribution is -0.104. The first kappa shape index (κ1) is 22.4. The van der Waals surface area contributed by atoms with E-state index >= 15 is 0 Å². The molecule has 0 saturated heterocycles. The van der Waals surface area contributed by atoms with E-state index in [2.05, 4.69) is 6.92 Å². The van der Waals surface area contributed by atoms with Gasteiger partial charge in [-0.2, -0.15) is 8.78 Å². The van der Waals surface area contributed by atoms with Crippen molar-refractivity contribution in [3.05, 3.63) is 59.2 Å². The number of aryl methyl sites for hydroxylation is 1. The highest BCUT2D eigenvalue weighted by Gasteiger charge is 2.45. The third kappa shape index (κ3) is 5.08. The summed E-state index contributed by atoms with van der Waals surface area (Å²) in [4.78, 5) is 0. The van der Waals surface area contributed by atoms with Crippen LogP contribution in [0, 0.1) is 17.6 Å². The molecule has 6 heteroatoms. The zero-order chi connectivity index (χ0) is 21.7. The minimum absolute atomic E-state index is 0.188. The lowest BCUT2D eigenvalue weighted by atomic mass is 9.76. The Hall–Kier alpha value is -2.24. The molecule has 1 saturated carbocycles. The average molecular weight is 424 g/mol. The van der Waals surface area contributed by atoms with Crippen LogP contribution >= 0.6 is 0 Å². The topological polar surface area (TPSA) is 18.5 Å². The normalized spacial score (nSPS) is 20.7. The van der Waals surface area contributed by atoms with Gasteiger partial charge in [0, 0.05) is 6.42 Å². The van der Waals surface area contributed by atoms with Crippen molar-refractivity contribution in [3.63, 3.8) is 0 Å². The standard InChI is InChI=1S/C24H28F4O2/c1-3-5-16-6-8-17(9-7-16)18-10-11-19(24(27,28)14-18)15-30-21-13-12-20(29-4-2)22(25)23(21)26/h6-9,12-13,18-19H,3-5,10-11,14-15H2,1-2H3. The summed E-state index contributed by atoms with van der Waals surface area (Å²) in [6, 6.07) is 10.4. The van der Waals surface area contributed by atoms with Gasteiger partial charge in [-0.25, -0.2) is 8.78 Å². The minimum atomic E-state index is -2.94. The van der Waals surface area contributed by atoms with Gasteiger partial charge < -0.3 is 9.47 Å². The number of benzene rings is 2. The second-order valence-electron chi connectivity index (χ2n) is 7.86. The van der Waals surface area contributed by atoms with Crippen LogP contribution in [0.15, 0.2) is 36.4 Å². The molecule has 30 heavy (non-hydrogen) atoms. The maximum absolute atomic E-state index is 14.8. The second kappa shape index (κ2) is 9.71. The summed E-state index contributed by atoms with van der Waals surface area (Å²) in [5.41, 5.74) is 2.13. The van der Waals surface area contributed by atoms with Gasteiger partial charge in [0.05, 0.1) is 19.1 Å². The van der Waals surface area contributed by atoms with Crippen LogP contribution in [0.5, 0.6) is 11.5 Å². The van der Waals surface area contributed by atoms with Gasteiger partial charge in [-0.1, -0.05) is 37.6 Å². The molecule has 1 fully saturated rings. The van der Waals surface area contributed by atoms with E-state index in [1.807, 2.05) is 24.3 Å². The first-order chi connectivity index (χ1) is 14.4. The molecule has 3 rings (SSSR count). The first-order valence-electron chi connectivity index (χ1n) is 10.6. The number of alkyl halides is 2. The summed E-state index contributed by atoms with van der Waals surface area (Å²) in [6.45, 7) is 3.58. The lowest BCUT2D eigenvalue weighted by Gasteiger charge is -2.36. The predicted octanol–water partition coefficient (Wildman–Crippen LogP) is 6.91. The van der Waals surface area contributed by atoms with E-state index in [9.17, 15) is 17.6 Å². The largest absolute Gasteiger partial charge is 0.491 e. The van der Waals surface area contributed by atoms with E-state index in [1.54, 1.807) is 6.92 Å². The smallest absolute Gasteiger partial charge is 0.254 e. The van der Waals surface area contributed by atoms with Crippen molar-refractivity contribution in [2.45, 2.75) is 57.8 Å². The van der Waals surface area contributed by atoms with Crippen LogP contribution in [-0.4, -0.2) is 19.1 Å². The molecule has 1 aliphatic rings. The van der Waals surface area contributed by atoms with Crippen LogP contribution in [0.3, 0.4) is 0 Å². The zero-order valence-electron chi connectivity index (χ0n) is 17.4. The van der Waals surface area contributed by atoms with Gasteiger partial charge >= 0.3 is 0 Å². The molecule has 0 aromatic heterocycles. The van der Waals surface area contributed by atoms with E-state index < -0.39 is 23.5 Å². The van der Waals surface area contributed by atoms with E-state index in [1.165, 1.54) is 17.7 Å². The summed E-state index contributed by atoms with van der Waals surface area (Å²) in [5.74, 6) is -7.18. The fourth-order valence-corrected chi connectivity index (χ4v) is 4.03. The van der Waals surface area contributed by atoms with Crippen molar-refractivity contribution in [1.29, 1.82) is 0 Å². The molecule has 2 atom stereocenters. The fraction of sp³-hybridized carbons (Fsp3) is 0.500. The Labute approximate surface area is 175 Å². The Kier molecular flexibility index (Phi) is 7.27.